The molecule has 0 bridgehead atoms. The number of halogens is 1. The van der Waals surface area contributed by atoms with E-state index >= 15 is 0 Å². The van der Waals surface area contributed by atoms with Crippen LogP contribution in [0.4, 0.5) is 10.1 Å². The first-order chi connectivity index (χ1) is 19.4. The number of carbonyl (C=O) groups is 2. The molecule has 0 aliphatic carbocycles. The first-order valence-corrected chi connectivity index (χ1v) is 13.7. The molecule has 0 saturated carbocycles. The van der Waals surface area contributed by atoms with E-state index in [1.807, 2.05) is 30.5 Å². The molecule has 4 aromatic rings. The maximum atomic E-state index is 13.7. The number of nitrogens with zero attached hydrogens (tertiary/aromatic N) is 3. The second-order valence-corrected chi connectivity index (χ2v) is 10.3. The zero-order valence-electron chi connectivity index (χ0n) is 21.8. The maximum absolute atomic E-state index is 13.7. The van der Waals surface area contributed by atoms with Gasteiger partial charge in [-0.05, 0) is 65.7 Å². The van der Waals surface area contributed by atoms with Gasteiger partial charge >= 0.3 is 0 Å². The second kappa shape index (κ2) is 12.2. The van der Waals surface area contributed by atoms with E-state index in [0.717, 1.165) is 33.5 Å². The molecule has 2 amide bonds. The van der Waals surface area contributed by atoms with Gasteiger partial charge in [0.2, 0.25) is 5.91 Å². The van der Waals surface area contributed by atoms with Gasteiger partial charge in [-0.2, -0.15) is 0 Å². The first-order valence-electron chi connectivity index (χ1n) is 12.8. The SMILES string of the molecule is CC1CC=c2cc(-c3ccc(F)cc3)c(NC(=O)c3csc(-c4cccnc4)n3)cc2=CN1CCOCC(N)=O. The second-order valence-electron chi connectivity index (χ2n) is 9.44. The summed E-state index contributed by atoms with van der Waals surface area (Å²) < 4.78 is 19.1. The van der Waals surface area contributed by atoms with E-state index in [4.69, 9.17) is 10.5 Å². The van der Waals surface area contributed by atoms with Crippen LogP contribution in [0.1, 0.15) is 23.8 Å². The number of rotatable bonds is 9. The third-order valence-corrected chi connectivity index (χ3v) is 7.45. The highest BCUT2D eigenvalue weighted by Crippen LogP contribution is 2.28. The number of amides is 2. The Kier molecular flexibility index (Phi) is 8.28. The van der Waals surface area contributed by atoms with Crippen molar-refractivity contribution >= 4 is 41.1 Å². The minimum atomic E-state index is -0.507. The third kappa shape index (κ3) is 6.41. The zero-order valence-corrected chi connectivity index (χ0v) is 22.7. The van der Waals surface area contributed by atoms with Crippen molar-refractivity contribution in [3.05, 3.63) is 88.3 Å². The standard InChI is InChI=1S/C30H28FN5O3S/c1-19-4-5-21-13-25(20-6-8-24(31)9-7-20)26(14-23(21)16-36(19)11-12-39-17-28(32)37)34-29(38)27-18-40-30(35-27)22-3-2-10-33-15-22/h2-3,5-10,13-16,18-19H,4,11-12,17H2,1H3,(H2,32,37)(H,34,38). The van der Waals surface area contributed by atoms with Crippen LogP contribution in [0.3, 0.4) is 0 Å². The zero-order chi connectivity index (χ0) is 28.1. The fourth-order valence-electron chi connectivity index (χ4n) is 4.45. The molecule has 2 aromatic carbocycles. The maximum Gasteiger partial charge on any atom is 0.275 e. The van der Waals surface area contributed by atoms with E-state index in [0.29, 0.717) is 29.5 Å². The van der Waals surface area contributed by atoms with Crippen LogP contribution in [0.5, 0.6) is 0 Å². The van der Waals surface area contributed by atoms with Gasteiger partial charge in [0.15, 0.2) is 0 Å². The van der Waals surface area contributed by atoms with Crippen molar-refractivity contribution in [3.8, 4) is 21.7 Å². The van der Waals surface area contributed by atoms with Crippen molar-refractivity contribution in [2.45, 2.75) is 19.4 Å². The molecule has 0 fully saturated rings. The number of hydrogen-bond donors (Lipinski definition) is 2. The molecule has 40 heavy (non-hydrogen) atoms. The number of anilines is 1. The number of benzene rings is 2. The third-order valence-electron chi connectivity index (χ3n) is 6.56. The van der Waals surface area contributed by atoms with Gasteiger partial charge in [-0.1, -0.05) is 18.2 Å². The molecule has 3 heterocycles. The van der Waals surface area contributed by atoms with Crippen LogP contribution in [-0.4, -0.2) is 52.5 Å². The van der Waals surface area contributed by atoms with Crippen LogP contribution >= 0.6 is 11.3 Å². The summed E-state index contributed by atoms with van der Waals surface area (Å²) in [6, 6.07) is 14.0. The molecular formula is C30H28FN5O3S. The van der Waals surface area contributed by atoms with Crippen LogP contribution in [0.15, 0.2) is 66.3 Å². The molecule has 3 N–H and O–H groups in total. The monoisotopic (exact) mass is 557 g/mol. The van der Waals surface area contributed by atoms with Crippen molar-refractivity contribution in [2.75, 3.05) is 25.1 Å². The van der Waals surface area contributed by atoms with E-state index in [1.54, 1.807) is 29.9 Å². The predicted molar refractivity (Wildman–Crippen MR) is 154 cm³/mol. The molecule has 1 aliphatic heterocycles. The van der Waals surface area contributed by atoms with Crippen molar-refractivity contribution in [1.29, 1.82) is 0 Å². The fourth-order valence-corrected chi connectivity index (χ4v) is 5.24. The van der Waals surface area contributed by atoms with Gasteiger partial charge in [-0.3, -0.25) is 14.6 Å². The average molecular weight is 558 g/mol. The molecule has 2 aromatic heterocycles. The smallest absolute Gasteiger partial charge is 0.275 e. The number of thiazole rings is 1. The van der Waals surface area contributed by atoms with Crippen LogP contribution in [0.25, 0.3) is 34.0 Å². The molecule has 1 aliphatic rings. The molecule has 0 saturated heterocycles. The van der Waals surface area contributed by atoms with E-state index < -0.39 is 5.91 Å². The largest absolute Gasteiger partial charge is 0.372 e. The Morgan fingerprint density at radius 3 is 2.75 bits per heavy atom. The minimum absolute atomic E-state index is 0.124. The van der Waals surface area contributed by atoms with Crippen LogP contribution in [0, 0.1) is 5.82 Å². The van der Waals surface area contributed by atoms with Crippen molar-refractivity contribution in [3.63, 3.8) is 0 Å². The number of fused-ring (bicyclic) bond motifs is 1. The molecule has 8 nitrogen and oxygen atoms in total. The quantitative estimate of drug-likeness (QED) is 0.306. The van der Waals surface area contributed by atoms with Crippen LogP contribution in [-0.2, 0) is 9.53 Å². The molecule has 10 heteroatoms. The molecular weight excluding hydrogens is 529 g/mol. The highest BCUT2D eigenvalue weighted by molar-refractivity contribution is 7.13. The number of hydrogen-bond acceptors (Lipinski definition) is 7. The van der Waals surface area contributed by atoms with Gasteiger partial charge in [0.25, 0.3) is 5.91 Å². The summed E-state index contributed by atoms with van der Waals surface area (Å²) in [5, 5.41) is 7.36. The number of aromatic nitrogens is 2. The van der Waals surface area contributed by atoms with Gasteiger partial charge in [0.1, 0.15) is 23.1 Å². The summed E-state index contributed by atoms with van der Waals surface area (Å²) in [6.45, 7) is 2.90. The first kappa shape index (κ1) is 27.2. The molecule has 5 rings (SSSR count). The Morgan fingerprint density at radius 2 is 2.00 bits per heavy atom. The number of nitrogens with one attached hydrogen (secondary N) is 1. The van der Waals surface area contributed by atoms with Gasteiger partial charge < -0.3 is 20.7 Å². The fraction of sp³-hybridized carbons (Fsp3) is 0.200. The van der Waals surface area contributed by atoms with Gasteiger partial charge in [-0.15, -0.1) is 11.3 Å². The van der Waals surface area contributed by atoms with Gasteiger partial charge in [-0.25, -0.2) is 9.37 Å². The summed E-state index contributed by atoms with van der Waals surface area (Å²) in [4.78, 5) is 35.2. The molecule has 0 radical (unpaired) electrons. The number of primary amides is 1. The number of carbonyl (C=O) groups excluding carboxylic acids is 2. The Hall–Kier alpha value is -4.41. The number of ether oxygens (including phenoxy) is 1. The van der Waals surface area contributed by atoms with Crippen molar-refractivity contribution < 1.29 is 18.7 Å². The van der Waals surface area contributed by atoms with E-state index in [2.05, 4.69) is 33.2 Å². The lowest BCUT2D eigenvalue weighted by Gasteiger charge is -2.26. The lowest BCUT2D eigenvalue weighted by atomic mass is 10.0. The Morgan fingerprint density at radius 1 is 1.18 bits per heavy atom. The molecule has 0 spiro atoms. The summed E-state index contributed by atoms with van der Waals surface area (Å²) in [5.74, 6) is -1.19. The van der Waals surface area contributed by atoms with Crippen molar-refractivity contribution in [1.82, 2.24) is 14.9 Å². The lowest BCUT2D eigenvalue weighted by molar-refractivity contribution is -0.122. The minimum Gasteiger partial charge on any atom is -0.372 e. The van der Waals surface area contributed by atoms with Gasteiger partial charge in [0.05, 0.1) is 6.61 Å². The summed E-state index contributed by atoms with van der Waals surface area (Å²) >= 11 is 1.37. The number of pyridine rings is 1. The topological polar surface area (TPSA) is 110 Å². The Labute approximate surface area is 234 Å². The summed E-state index contributed by atoms with van der Waals surface area (Å²) in [7, 11) is 0. The summed E-state index contributed by atoms with van der Waals surface area (Å²) in [6.07, 6.45) is 8.36. The van der Waals surface area contributed by atoms with Crippen LogP contribution in [0.2, 0.25) is 0 Å². The van der Waals surface area contributed by atoms with Crippen molar-refractivity contribution in [2.24, 2.45) is 5.73 Å². The molecule has 1 atom stereocenters. The highest BCUT2D eigenvalue weighted by Gasteiger charge is 2.17. The summed E-state index contributed by atoms with van der Waals surface area (Å²) in [5.41, 5.74) is 8.43. The van der Waals surface area contributed by atoms with E-state index in [9.17, 15) is 14.0 Å². The van der Waals surface area contributed by atoms with E-state index in [-0.39, 0.29) is 24.4 Å². The average Bonchev–Trinajstić information content (AvgIpc) is 3.40. The van der Waals surface area contributed by atoms with Gasteiger partial charge in [0, 0.05) is 53.4 Å². The highest BCUT2D eigenvalue weighted by atomic mass is 32.1. The molecule has 204 valence electrons. The predicted octanol–water partition coefficient (Wildman–Crippen LogP) is 3.38. The molecule has 1 unspecified atom stereocenters. The van der Waals surface area contributed by atoms with E-state index in [1.165, 1.54) is 23.5 Å². The van der Waals surface area contributed by atoms with Crippen LogP contribution < -0.4 is 21.5 Å². The lowest BCUT2D eigenvalue weighted by Crippen LogP contribution is -2.34. The number of nitrogens with two attached hydrogens (primary N) is 1. The Balaban J connectivity index is 1.49. The Bertz CT molecular complexity index is 1640. The normalized spacial score (nSPS) is 14.4.